The van der Waals surface area contributed by atoms with Crippen LogP contribution in [0.15, 0.2) is 32.0 Å². The fourth-order valence-electron chi connectivity index (χ4n) is 1.81. The molecule has 7 heteroatoms. The van der Waals surface area contributed by atoms with Crippen LogP contribution < -0.4 is 4.72 Å². The van der Waals surface area contributed by atoms with E-state index in [-0.39, 0.29) is 4.90 Å². The molecule has 114 valence electrons. The molecule has 0 radical (unpaired) electrons. The van der Waals surface area contributed by atoms with Gasteiger partial charge < -0.3 is 0 Å². The summed E-state index contributed by atoms with van der Waals surface area (Å²) in [5.41, 5.74) is 2.17. The number of rotatable bonds is 4. The molecule has 0 amide bonds. The molecule has 0 saturated heterocycles. The van der Waals surface area contributed by atoms with Crippen LogP contribution in [0, 0.1) is 20.8 Å². The first-order valence-corrected chi connectivity index (χ1v) is 10.1. The number of aryl methyl sites for hydroxylation is 3. The topological polar surface area (TPSA) is 46.2 Å². The molecule has 3 nitrogen and oxygen atoms in total. The minimum absolute atomic E-state index is 0.241. The lowest BCUT2D eigenvalue weighted by atomic mass is 10.2. The van der Waals surface area contributed by atoms with E-state index < -0.39 is 10.0 Å². The van der Waals surface area contributed by atoms with Gasteiger partial charge in [-0.2, -0.15) is 0 Å². The SMILES string of the molecule is Cc1cc(Br)c(S(=O)(=O)NCc2cc(C)c(C)s2)cc1Br. The molecule has 0 aliphatic heterocycles. The van der Waals surface area contributed by atoms with Crippen molar-refractivity contribution in [3.05, 3.63) is 48.0 Å². The smallest absolute Gasteiger partial charge is 0.207 e. The lowest BCUT2D eigenvalue weighted by Gasteiger charge is -2.10. The van der Waals surface area contributed by atoms with Crippen molar-refractivity contribution in [1.29, 1.82) is 0 Å². The van der Waals surface area contributed by atoms with Crippen molar-refractivity contribution in [2.24, 2.45) is 0 Å². The second kappa shape index (κ2) is 6.50. The third-order valence-corrected chi connectivity index (χ3v) is 7.52. The van der Waals surface area contributed by atoms with Gasteiger partial charge in [0.05, 0.1) is 4.90 Å². The zero-order valence-corrected chi connectivity index (χ0v) is 16.6. The van der Waals surface area contributed by atoms with Crippen LogP contribution in [0.2, 0.25) is 0 Å². The van der Waals surface area contributed by atoms with Crippen LogP contribution in [0.4, 0.5) is 0 Å². The fourth-order valence-corrected chi connectivity index (χ4v) is 5.58. The van der Waals surface area contributed by atoms with Gasteiger partial charge in [0.1, 0.15) is 0 Å². The number of hydrogen-bond acceptors (Lipinski definition) is 3. The van der Waals surface area contributed by atoms with Crippen LogP contribution in [-0.4, -0.2) is 8.42 Å². The predicted octanol–water partition coefficient (Wildman–Crippen LogP) is 4.68. The van der Waals surface area contributed by atoms with Gasteiger partial charge >= 0.3 is 0 Å². The Morgan fingerprint density at radius 2 is 1.71 bits per heavy atom. The molecule has 1 aromatic carbocycles. The molecular formula is C14H15Br2NO2S2. The summed E-state index contributed by atoms with van der Waals surface area (Å²) < 4.78 is 28.8. The van der Waals surface area contributed by atoms with E-state index in [4.69, 9.17) is 0 Å². The molecule has 0 spiro atoms. The average molecular weight is 453 g/mol. The van der Waals surface area contributed by atoms with Crippen LogP contribution in [0.1, 0.15) is 20.9 Å². The Kier molecular flexibility index (Phi) is 5.31. The van der Waals surface area contributed by atoms with E-state index in [0.717, 1.165) is 14.9 Å². The summed E-state index contributed by atoms with van der Waals surface area (Å²) in [5.74, 6) is 0. The first-order valence-electron chi connectivity index (χ1n) is 6.22. The first kappa shape index (κ1) is 17.1. The summed E-state index contributed by atoms with van der Waals surface area (Å²) >= 11 is 8.30. The van der Waals surface area contributed by atoms with E-state index in [0.29, 0.717) is 11.0 Å². The predicted molar refractivity (Wildman–Crippen MR) is 94.4 cm³/mol. The summed E-state index contributed by atoms with van der Waals surface area (Å²) in [6.07, 6.45) is 0. The molecule has 0 aliphatic carbocycles. The van der Waals surface area contributed by atoms with E-state index in [1.807, 2.05) is 26.8 Å². The highest BCUT2D eigenvalue weighted by Crippen LogP contribution is 2.29. The molecule has 0 unspecified atom stereocenters. The molecule has 0 fully saturated rings. The molecule has 0 saturated carbocycles. The highest BCUT2D eigenvalue weighted by molar-refractivity contribution is 9.11. The van der Waals surface area contributed by atoms with Crippen molar-refractivity contribution < 1.29 is 8.42 Å². The number of nitrogens with one attached hydrogen (secondary N) is 1. The van der Waals surface area contributed by atoms with Crippen molar-refractivity contribution in [2.75, 3.05) is 0 Å². The number of halogens is 2. The summed E-state index contributed by atoms with van der Waals surface area (Å²) in [5, 5.41) is 0. The third-order valence-electron chi connectivity index (χ3n) is 3.16. The molecule has 1 N–H and O–H groups in total. The van der Waals surface area contributed by atoms with Crippen molar-refractivity contribution in [3.63, 3.8) is 0 Å². The standard InChI is InChI=1S/C14H15Br2NO2S2/c1-8-4-11(20-10(8)3)7-17-21(18,19)14-6-12(15)9(2)5-13(14)16/h4-6,17H,7H2,1-3H3. The second-order valence-electron chi connectivity index (χ2n) is 4.81. The first-order chi connectivity index (χ1) is 9.70. The van der Waals surface area contributed by atoms with Crippen LogP contribution in [0.5, 0.6) is 0 Å². The van der Waals surface area contributed by atoms with Crippen LogP contribution in [-0.2, 0) is 16.6 Å². The third kappa shape index (κ3) is 3.96. The highest BCUT2D eigenvalue weighted by Gasteiger charge is 2.19. The molecule has 2 rings (SSSR count). The maximum atomic E-state index is 12.4. The Labute approximate surface area is 146 Å². The molecule has 1 heterocycles. The van der Waals surface area contributed by atoms with Crippen LogP contribution in [0.25, 0.3) is 0 Å². The van der Waals surface area contributed by atoms with Gasteiger partial charge in [0, 0.05) is 25.2 Å². The Morgan fingerprint density at radius 3 is 2.29 bits per heavy atom. The number of thiophene rings is 1. The Bertz CT molecular complexity index is 763. The second-order valence-corrected chi connectivity index (χ2v) is 9.59. The van der Waals surface area contributed by atoms with Crippen molar-refractivity contribution in [3.8, 4) is 0 Å². The minimum Gasteiger partial charge on any atom is -0.207 e. The molecular weight excluding hydrogens is 438 g/mol. The van der Waals surface area contributed by atoms with E-state index >= 15 is 0 Å². The van der Waals surface area contributed by atoms with E-state index in [1.165, 1.54) is 10.4 Å². The minimum atomic E-state index is -3.55. The molecule has 21 heavy (non-hydrogen) atoms. The molecule has 0 aliphatic rings. The van der Waals surface area contributed by atoms with Crippen molar-refractivity contribution >= 4 is 53.2 Å². The fraction of sp³-hybridized carbons (Fsp3) is 0.286. The van der Waals surface area contributed by atoms with Gasteiger partial charge in [-0.1, -0.05) is 15.9 Å². The van der Waals surface area contributed by atoms with Gasteiger partial charge in [0.15, 0.2) is 0 Å². The van der Waals surface area contributed by atoms with Gasteiger partial charge in [0.2, 0.25) is 10.0 Å². The Hall–Kier alpha value is -0.210. The van der Waals surface area contributed by atoms with Gasteiger partial charge in [-0.05, 0) is 66.0 Å². The van der Waals surface area contributed by atoms with Crippen LogP contribution >= 0.6 is 43.2 Å². The molecule has 0 atom stereocenters. The lowest BCUT2D eigenvalue weighted by Crippen LogP contribution is -2.23. The summed E-state index contributed by atoms with van der Waals surface area (Å²) in [6.45, 7) is 6.28. The zero-order valence-electron chi connectivity index (χ0n) is 11.8. The van der Waals surface area contributed by atoms with Gasteiger partial charge in [-0.25, -0.2) is 13.1 Å². The number of sulfonamides is 1. The van der Waals surface area contributed by atoms with Gasteiger partial charge in [-0.3, -0.25) is 0 Å². The number of hydrogen-bond donors (Lipinski definition) is 1. The van der Waals surface area contributed by atoms with Gasteiger partial charge in [0.25, 0.3) is 0 Å². The molecule has 1 aromatic heterocycles. The maximum Gasteiger partial charge on any atom is 0.242 e. The van der Waals surface area contributed by atoms with E-state index in [2.05, 4.69) is 36.6 Å². The molecule has 2 aromatic rings. The highest BCUT2D eigenvalue weighted by atomic mass is 79.9. The van der Waals surface area contributed by atoms with Gasteiger partial charge in [-0.15, -0.1) is 11.3 Å². The monoisotopic (exact) mass is 451 g/mol. The van der Waals surface area contributed by atoms with Crippen molar-refractivity contribution in [1.82, 2.24) is 4.72 Å². The van der Waals surface area contributed by atoms with E-state index in [9.17, 15) is 8.42 Å². The Morgan fingerprint density at radius 1 is 1.05 bits per heavy atom. The normalized spacial score (nSPS) is 11.9. The summed E-state index contributed by atoms with van der Waals surface area (Å²) in [7, 11) is -3.55. The largest absolute Gasteiger partial charge is 0.242 e. The van der Waals surface area contributed by atoms with Crippen molar-refractivity contribution in [2.45, 2.75) is 32.2 Å². The molecule has 0 bridgehead atoms. The van der Waals surface area contributed by atoms with Crippen LogP contribution in [0.3, 0.4) is 0 Å². The maximum absolute atomic E-state index is 12.4. The van der Waals surface area contributed by atoms with E-state index in [1.54, 1.807) is 23.5 Å². The Balaban J connectivity index is 2.24. The zero-order chi connectivity index (χ0) is 15.8. The summed E-state index contributed by atoms with van der Waals surface area (Å²) in [4.78, 5) is 2.46. The average Bonchev–Trinajstić information content (AvgIpc) is 2.71. The quantitative estimate of drug-likeness (QED) is 0.731. The number of benzene rings is 1. The lowest BCUT2D eigenvalue weighted by molar-refractivity contribution is 0.581. The summed E-state index contributed by atoms with van der Waals surface area (Å²) in [6, 6.07) is 5.42.